The van der Waals surface area contributed by atoms with Crippen LogP contribution in [-0.2, 0) is 38.8 Å². The number of ketones is 1. The SMILES string of the molecule is C=CCN1C(=O)C[C@H]2[C@@H](OCc3ccccc3)[C@@H]1CC(=O)[C@@H]2CN(Cc1ccccc1)C(=O)OCc1ccccc1. The molecule has 0 N–H and O–H groups in total. The van der Waals surface area contributed by atoms with E-state index in [0.29, 0.717) is 19.7 Å². The van der Waals surface area contributed by atoms with Crippen LogP contribution in [0.25, 0.3) is 0 Å². The Balaban J connectivity index is 1.38. The largest absolute Gasteiger partial charge is 0.445 e. The summed E-state index contributed by atoms with van der Waals surface area (Å²) in [5.74, 6) is -0.873. The highest BCUT2D eigenvalue weighted by Gasteiger charge is 2.52. The van der Waals surface area contributed by atoms with Gasteiger partial charge in [-0.2, -0.15) is 0 Å². The zero-order valence-corrected chi connectivity index (χ0v) is 23.1. The van der Waals surface area contributed by atoms with Crippen molar-refractivity contribution in [2.45, 2.75) is 44.7 Å². The topological polar surface area (TPSA) is 76.2 Å². The Morgan fingerprint density at radius 1 is 0.854 bits per heavy atom. The van der Waals surface area contributed by atoms with E-state index in [2.05, 4.69) is 6.58 Å². The Labute approximate surface area is 241 Å². The number of likely N-dealkylation sites (tertiary alicyclic amines) is 1. The van der Waals surface area contributed by atoms with E-state index in [0.717, 1.165) is 16.7 Å². The molecule has 0 spiro atoms. The summed E-state index contributed by atoms with van der Waals surface area (Å²) in [5, 5.41) is 0. The van der Waals surface area contributed by atoms with E-state index in [4.69, 9.17) is 9.47 Å². The highest BCUT2D eigenvalue weighted by atomic mass is 16.6. The summed E-state index contributed by atoms with van der Waals surface area (Å²) in [7, 11) is 0. The maximum absolute atomic E-state index is 13.7. The zero-order valence-electron chi connectivity index (χ0n) is 23.1. The molecule has 7 nitrogen and oxygen atoms in total. The number of benzene rings is 3. The van der Waals surface area contributed by atoms with Crippen LogP contribution in [-0.4, -0.2) is 52.8 Å². The number of Topliss-reactive ketones (excluding diaryl/α,β-unsaturated/α-hetero) is 1. The van der Waals surface area contributed by atoms with Crippen molar-refractivity contribution in [3.05, 3.63) is 120 Å². The molecular formula is C34H36N2O5. The van der Waals surface area contributed by atoms with Crippen molar-refractivity contribution in [2.75, 3.05) is 13.1 Å². The summed E-state index contributed by atoms with van der Waals surface area (Å²) in [6.07, 6.45) is 1.21. The summed E-state index contributed by atoms with van der Waals surface area (Å²) in [5.41, 5.74) is 2.83. The normalized spacial score (nSPS) is 21.8. The highest BCUT2D eigenvalue weighted by Crippen LogP contribution is 2.40. The first kappa shape index (κ1) is 28.3. The molecule has 3 aromatic rings. The van der Waals surface area contributed by atoms with Crippen LogP contribution in [0, 0.1) is 11.8 Å². The number of amides is 2. The van der Waals surface area contributed by atoms with E-state index in [1.165, 1.54) is 0 Å². The highest BCUT2D eigenvalue weighted by molar-refractivity contribution is 5.88. The van der Waals surface area contributed by atoms with Gasteiger partial charge in [0.05, 0.1) is 18.8 Å². The van der Waals surface area contributed by atoms with Gasteiger partial charge in [0, 0.05) is 44.3 Å². The van der Waals surface area contributed by atoms with E-state index in [-0.39, 0.29) is 55.7 Å². The van der Waals surface area contributed by atoms with Gasteiger partial charge in [-0.15, -0.1) is 6.58 Å². The van der Waals surface area contributed by atoms with Gasteiger partial charge >= 0.3 is 6.09 Å². The number of piperidine rings is 1. The molecule has 7 heteroatoms. The second-order valence-electron chi connectivity index (χ2n) is 10.7. The number of hydrogen-bond acceptors (Lipinski definition) is 5. The van der Waals surface area contributed by atoms with Crippen LogP contribution in [0.5, 0.6) is 0 Å². The van der Waals surface area contributed by atoms with Crippen LogP contribution in [0.1, 0.15) is 29.5 Å². The number of fused-ring (bicyclic) bond motifs is 2. The molecule has 1 saturated carbocycles. The molecule has 0 radical (unpaired) electrons. The number of hydrogen-bond donors (Lipinski definition) is 0. The number of carbonyl (C=O) groups excluding carboxylic acids is 3. The third-order valence-corrected chi connectivity index (χ3v) is 7.98. The molecule has 3 aromatic carbocycles. The summed E-state index contributed by atoms with van der Waals surface area (Å²) in [4.78, 5) is 43.7. The van der Waals surface area contributed by atoms with Gasteiger partial charge in [-0.05, 0) is 16.7 Å². The van der Waals surface area contributed by atoms with Crippen molar-refractivity contribution in [2.24, 2.45) is 11.8 Å². The lowest BCUT2D eigenvalue weighted by Gasteiger charge is -2.50. The maximum atomic E-state index is 13.7. The number of rotatable bonds is 11. The van der Waals surface area contributed by atoms with Crippen LogP contribution >= 0.6 is 0 Å². The van der Waals surface area contributed by atoms with Crippen LogP contribution < -0.4 is 0 Å². The summed E-state index contributed by atoms with van der Waals surface area (Å²) >= 11 is 0. The lowest BCUT2D eigenvalue weighted by Crippen LogP contribution is -2.63. The smallest absolute Gasteiger partial charge is 0.410 e. The van der Waals surface area contributed by atoms with Crippen LogP contribution in [0.2, 0.25) is 0 Å². The average molecular weight is 553 g/mol. The number of nitrogens with zero attached hydrogens (tertiary/aromatic N) is 2. The minimum absolute atomic E-state index is 0.0155. The van der Waals surface area contributed by atoms with Gasteiger partial charge in [0.25, 0.3) is 0 Å². The van der Waals surface area contributed by atoms with Gasteiger partial charge in [-0.3, -0.25) is 9.59 Å². The van der Waals surface area contributed by atoms with Gasteiger partial charge in [0.1, 0.15) is 12.4 Å². The second-order valence-corrected chi connectivity index (χ2v) is 10.7. The fraction of sp³-hybridized carbons (Fsp3) is 0.324. The average Bonchev–Trinajstić information content (AvgIpc) is 3.00. The van der Waals surface area contributed by atoms with E-state index in [1.54, 1.807) is 15.9 Å². The molecule has 2 fully saturated rings. The first-order valence-corrected chi connectivity index (χ1v) is 14.1. The molecule has 4 atom stereocenters. The van der Waals surface area contributed by atoms with Crippen LogP contribution in [0.3, 0.4) is 0 Å². The Morgan fingerprint density at radius 3 is 2.05 bits per heavy atom. The van der Waals surface area contributed by atoms with Crippen molar-refractivity contribution >= 4 is 17.8 Å². The molecule has 0 aromatic heterocycles. The number of carbonyl (C=O) groups is 3. The standard InChI is InChI=1S/C34H36N2O5/c1-2-18-36-30-20-31(37)29(28(19-32(36)38)33(30)40-23-26-14-8-4-9-15-26)22-35(21-25-12-6-3-7-13-25)34(39)41-24-27-16-10-5-11-17-27/h2-17,28-30,33H,1,18-24H2/t28-,29-,30+,33-/m1/s1. The Kier molecular flexibility index (Phi) is 9.26. The van der Waals surface area contributed by atoms with Gasteiger partial charge in [0.15, 0.2) is 0 Å². The lowest BCUT2D eigenvalue weighted by molar-refractivity contribution is -0.168. The van der Waals surface area contributed by atoms with Crippen molar-refractivity contribution < 1.29 is 23.9 Å². The molecular weight excluding hydrogens is 516 g/mol. The molecule has 0 unspecified atom stereocenters. The predicted molar refractivity (Wildman–Crippen MR) is 155 cm³/mol. The van der Waals surface area contributed by atoms with Gasteiger partial charge in [0.2, 0.25) is 5.91 Å². The molecule has 2 amide bonds. The summed E-state index contributed by atoms with van der Waals surface area (Å²) in [6.45, 7) is 5.13. The molecule has 2 aliphatic rings. The predicted octanol–water partition coefficient (Wildman–Crippen LogP) is 5.40. The lowest BCUT2D eigenvalue weighted by atomic mass is 9.69. The van der Waals surface area contributed by atoms with Crippen molar-refractivity contribution in [3.8, 4) is 0 Å². The zero-order chi connectivity index (χ0) is 28.6. The molecule has 1 aliphatic carbocycles. The minimum Gasteiger partial charge on any atom is -0.445 e. The van der Waals surface area contributed by atoms with Gasteiger partial charge in [-0.1, -0.05) is 97.1 Å². The van der Waals surface area contributed by atoms with E-state index < -0.39 is 12.0 Å². The Bertz CT molecular complexity index is 1330. The van der Waals surface area contributed by atoms with Crippen LogP contribution in [0.15, 0.2) is 104 Å². The third kappa shape index (κ3) is 6.92. The Morgan fingerprint density at radius 2 is 1.44 bits per heavy atom. The fourth-order valence-electron chi connectivity index (χ4n) is 5.95. The maximum Gasteiger partial charge on any atom is 0.410 e. The summed E-state index contributed by atoms with van der Waals surface area (Å²) in [6, 6.07) is 28.7. The fourth-order valence-corrected chi connectivity index (χ4v) is 5.95. The monoisotopic (exact) mass is 552 g/mol. The first-order chi connectivity index (χ1) is 20.0. The van der Waals surface area contributed by atoms with Gasteiger partial charge < -0.3 is 19.3 Å². The number of ether oxygens (including phenoxy) is 2. The minimum atomic E-state index is -0.546. The molecule has 41 heavy (non-hydrogen) atoms. The first-order valence-electron chi connectivity index (χ1n) is 14.1. The summed E-state index contributed by atoms with van der Waals surface area (Å²) < 4.78 is 12.2. The van der Waals surface area contributed by atoms with Crippen molar-refractivity contribution in [1.82, 2.24) is 9.80 Å². The second kappa shape index (κ2) is 13.4. The molecule has 5 rings (SSSR count). The van der Waals surface area contributed by atoms with Crippen molar-refractivity contribution in [3.63, 3.8) is 0 Å². The molecule has 1 heterocycles. The van der Waals surface area contributed by atoms with Gasteiger partial charge in [-0.25, -0.2) is 4.79 Å². The Hall–Kier alpha value is -4.23. The molecule has 1 saturated heterocycles. The quantitative estimate of drug-likeness (QED) is 0.298. The third-order valence-electron chi connectivity index (χ3n) is 7.98. The van der Waals surface area contributed by atoms with E-state index in [1.807, 2.05) is 91.0 Å². The van der Waals surface area contributed by atoms with E-state index >= 15 is 0 Å². The van der Waals surface area contributed by atoms with Crippen LogP contribution in [0.4, 0.5) is 4.79 Å². The molecule has 212 valence electrons. The molecule has 2 bridgehead atoms. The molecule has 1 aliphatic heterocycles. The van der Waals surface area contributed by atoms with Crippen molar-refractivity contribution in [1.29, 1.82) is 0 Å². The van der Waals surface area contributed by atoms with E-state index in [9.17, 15) is 14.4 Å².